The first-order valence-corrected chi connectivity index (χ1v) is 9.08. The fourth-order valence-electron chi connectivity index (χ4n) is 2.99. The lowest BCUT2D eigenvalue weighted by molar-refractivity contribution is 0.150. The number of aliphatic hydroxyl groups excluding tert-OH is 1. The van der Waals surface area contributed by atoms with Gasteiger partial charge in [0, 0.05) is 11.1 Å². The van der Waals surface area contributed by atoms with Gasteiger partial charge in [-0.25, -0.2) is 0 Å². The highest BCUT2D eigenvalue weighted by molar-refractivity contribution is 6.34. The lowest BCUT2D eigenvalue weighted by atomic mass is 9.86. The van der Waals surface area contributed by atoms with Crippen LogP contribution in [0.1, 0.15) is 72.1 Å². The van der Waals surface area contributed by atoms with Crippen molar-refractivity contribution in [3.63, 3.8) is 0 Å². The number of allylic oxidation sites excluding steroid dienone is 1. The zero-order chi connectivity index (χ0) is 18.2. The van der Waals surface area contributed by atoms with E-state index in [0.717, 1.165) is 11.1 Å². The van der Waals surface area contributed by atoms with Crippen molar-refractivity contribution in [3.05, 3.63) is 28.3 Å². The Bertz CT molecular complexity index is 645. The van der Waals surface area contributed by atoms with Gasteiger partial charge in [0.2, 0.25) is 0 Å². The summed E-state index contributed by atoms with van der Waals surface area (Å²) in [5.74, 6) is 1.50. The molecule has 0 fully saturated rings. The third-order valence-corrected chi connectivity index (χ3v) is 4.45. The summed E-state index contributed by atoms with van der Waals surface area (Å²) in [6.07, 6.45) is 2.07. The third-order valence-electron chi connectivity index (χ3n) is 4.11. The number of rotatable bonds is 5. The molecule has 24 heavy (non-hydrogen) atoms. The first kappa shape index (κ1) is 19.1. The molecule has 0 saturated carbocycles. The molecule has 134 valence electrons. The van der Waals surface area contributed by atoms with Gasteiger partial charge in [-0.3, -0.25) is 0 Å². The van der Waals surface area contributed by atoms with E-state index in [-0.39, 0.29) is 6.10 Å². The Morgan fingerprint density at radius 2 is 1.88 bits per heavy atom. The van der Waals surface area contributed by atoms with Gasteiger partial charge in [0.05, 0.1) is 12.2 Å². The molecule has 3 nitrogen and oxygen atoms in total. The first-order valence-electron chi connectivity index (χ1n) is 8.70. The number of benzene rings is 1. The zero-order valence-corrected chi connectivity index (χ0v) is 16.5. The normalized spacial score (nSPS) is 17.4. The number of ether oxygens (including phenoxy) is 2. The van der Waals surface area contributed by atoms with Crippen molar-refractivity contribution in [1.29, 1.82) is 0 Å². The van der Waals surface area contributed by atoms with Gasteiger partial charge in [-0.1, -0.05) is 32.4 Å². The van der Waals surface area contributed by atoms with Crippen molar-refractivity contribution < 1.29 is 14.6 Å². The summed E-state index contributed by atoms with van der Waals surface area (Å²) in [5.41, 5.74) is 2.43. The Balaban J connectivity index is 2.74. The van der Waals surface area contributed by atoms with Gasteiger partial charge in [-0.2, -0.15) is 0 Å². The fourth-order valence-corrected chi connectivity index (χ4v) is 3.29. The topological polar surface area (TPSA) is 38.7 Å². The van der Waals surface area contributed by atoms with Crippen LogP contribution in [0.25, 0.3) is 5.57 Å². The average Bonchev–Trinajstić information content (AvgIpc) is 2.47. The van der Waals surface area contributed by atoms with E-state index in [9.17, 15) is 5.11 Å². The number of hydrogen-bond donors (Lipinski definition) is 1. The molecule has 1 aromatic rings. The maximum absolute atomic E-state index is 10.5. The van der Waals surface area contributed by atoms with Crippen molar-refractivity contribution in [1.82, 2.24) is 0 Å². The van der Waals surface area contributed by atoms with Crippen LogP contribution in [0.3, 0.4) is 0 Å². The van der Waals surface area contributed by atoms with Crippen molar-refractivity contribution in [2.75, 3.05) is 0 Å². The third kappa shape index (κ3) is 3.73. The molecule has 1 aromatic carbocycles. The highest BCUT2D eigenvalue weighted by atomic mass is 35.5. The maximum atomic E-state index is 10.5. The van der Waals surface area contributed by atoms with Crippen molar-refractivity contribution in [3.8, 4) is 11.5 Å². The Morgan fingerprint density at radius 1 is 1.25 bits per heavy atom. The van der Waals surface area contributed by atoms with Crippen LogP contribution >= 0.6 is 11.6 Å². The molecular weight excluding hydrogens is 324 g/mol. The van der Waals surface area contributed by atoms with Crippen molar-refractivity contribution in [2.24, 2.45) is 5.92 Å². The summed E-state index contributed by atoms with van der Waals surface area (Å²) < 4.78 is 12.1. The summed E-state index contributed by atoms with van der Waals surface area (Å²) >= 11 is 6.69. The molecule has 0 spiro atoms. The molecule has 1 aliphatic rings. The summed E-state index contributed by atoms with van der Waals surface area (Å²) in [4.78, 5) is 0. The molecule has 1 aliphatic heterocycles. The smallest absolute Gasteiger partial charge is 0.150 e. The van der Waals surface area contributed by atoms with Crippen LogP contribution in [0, 0.1) is 5.92 Å². The standard InChI is InChI=1S/C20H29ClO3/c1-8-16(22)14-9-13-15(11(2)3)10-20(6,7)24-19(13)17(21)18(14)23-12(4)5/h9-12,16,22H,8H2,1-7H3. The minimum atomic E-state index is -0.620. The number of aliphatic hydroxyl groups is 1. The molecule has 2 rings (SSSR count). The second kappa shape index (κ2) is 6.97. The van der Waals surface area contributed by atoms with Gasteiger partial charge in [0.1, 0.15) is 16.4 Å². The fraction of sp³-hybridized carbons (Fsp3) is 0.600. The Hall–Kier alpha value is -1.19. The quantitative estimate of drug-likeness (QED) is 0.729. The van der Waals surface area contributed by atoms with E-state index < -0.39 is 11.7 Å². The average molecular weight is 353 g/mol. The van der Waals surface area contributed by atoms with Gasteiger partial charge in [-0.05, 0) is 57.7 Å². The minimum absolute atomic E-state index is 0.0416. The monoisotopic (exact) mass is 352 g/mol. The van der Waals surface area contributed by atoms with E-state index in [2.05, 4.69) is 19.9 Å². The predicted octanol–water partition coefficient (Wildman–Crippen LogP) is 5.78. The van der Waals surface area contributed by atoms with E-state index in [1.807, 2.05) is 40.7 Å². The minimum Gasteiger partial charge on any atom is -0.489 e. The predicted molar refractivity (Wildman–Crippen MR) is 100.0 cm³/mol. The Morgan fingerprint density at radius 3 is 2.38 bits per heavy atom. The SMILES string of the molecule is CCC(O)c1cc2c(c(Cl)c1OC(C)C)OC(C)(C)C=C2C(C)C. The van der Waals surface area contributed by atoms with Crippen molar-refractivity contribution >= 4 is 17.2 Å². The molecule has 0 bridgehead atoms. The summed E-state index contributed by atoms with van der Waals surface area (Å²) in [5, 5.41) is 10.9. The van der Waals surface area contributed by atoms with Crippen LogP contribution in [-0.2, 0) is 0 Å². The van der Waals surface area contributed by atoms with Crippen LogP contribution in [-0.4, -0.2) is 16.8 Å². The Labute approximate surface area is 150 Å². The van der Waals surface area contributed by atoms with Crippen LogP contribution in [0.4, 0.5) is 0 Å². The summed E-state index contributed by atoms with van der Waals surface area (Å²) in [6, 6.07) is 1.98. The van der Waals surface area contributed by atoms with Gasteiger partial charge in [0.25, 0.3) is 0 Å². The Kier molecular flexibility index (Phi) is 5.56. The molecule has 4 heteroatoms. The molecule has 0 saturated heterocycles. The van der Waals surface area contributed by atoms with Crippen molar-refractivity contribution in [2.45, 2.75) is 72.7 Å². The van der Waals surface area contributed by atoms with E-state index in [4.69, 9.17) is 21.1 Å². The second-order valence-electron chi connectivity index (χ2n) is 7.54. The summed E-state index contributed by atoms with van der Waals surface area (Å²) in [6.45, 7) is 14.2. The van der Waals surface area contributed by atoms with E-state index in [0.29, 0.717) is 28.9 Å². The summed E-state index contributed by atoms with van der Waals surface area (Å²) in [7, 11) is 0. The maximum Gasteiger partial charge on any atom is 0.150 e. The molecule has 0 aromatic heterocycles. The van der Waals surface area contributed by atoms with Gasteiger partial charge in [-0.15, -0.1) is 0 Å². The van der Waals surface area contributed by atoms with E-state index in [1.54, 1.807) is 0 Å². The van der Waals surface area contributed by atoms with Crippen LogP contribution < -0.4 is 9.47 Å². The number of hydrogen-bond acceptors (Lipinski definition) is 3. The largest absolute Gasteiger partial charge is 0.489 e. The van der Waals surface area contributed by atoms with E-state index in [1.165, 1.54) is 5.57 Å². The lowest BCUT2D eigenvalue weighted by Crippen LogP contribution is -2.30. The van der Waals surface area contributed by atoms with Gasteiger partial charge >= 0.3 is 0 Å². The highest BCUT2D eigenvalue weighted by Crippen LogP contribution is 2.50. The molecule has 1 N–H and O–H groups in total. The molecule has 1 atom stereocenters. The van der Waals surface area contributed by atoms with Gasteiger partial charge < -0.3 is 14.6 Å². The highest BCUT2D eigenvalue weighted by Gasteiger charge is 2.33. The molecule has 1 heterocycles. The molecule has 0 amide bonds. The van der Waals surface area contributed by atoms with Crippen LogP contribution in [0.15, 0.2) is 12.1 Å². The lowest BCUT2D eigenvalue weighted by Gasteiger charge is -2.34. The number of fused-ring (bicyclic) bond motifs is 1. The second-order valence-corrected chi connectivity index (χ2v) is 7.91. The first-order chi connectivity index (χ1) is 11.1. The zero-order valence-electron chi connectivity index (χ0n) is 15.7. The van der Waals surface area contributed by atoms with Crippen LogP contribution in [0.2, 0.25) is 5.02 Å². The molecule has 0 radical (unpaired) electrons. The molecular formula is C20H29ClO3. The molecule has 0 aliphatic carbocycles. The number of halogens is 1. The molecule has 1 unspecified atom stereocenters. The van der Waals surface area contributed by atoms with Crippen LogP contribution in [0.5, 0.6) is 11.5 Å². The van der Waals surface area contributed by atoms with Gasteiger partial charge in [0.15, 0.2) is 5.75 Å². The van der Waals surface area contributed by atoms with E-state index >= 15 is 0 Å².